The molecule has 0 saturated carbocycles. The van der Waals surface area contributed by atoms with E-state index in [1.54, 1.807) is 55.8 Å². The summed E-state index contributed by atoms with van der Waals surface area (Å²) in [6, 6.07) is 14.3. The standard InChI is InChI=1S/C20H15N3O3/c1-25-18-10-16(6-7-17(18)19-12-22-13-26-19)23-20(24)8-5-14-3-2-4-15(9-14)11-21/h2-10,12-13H,1H3,(H,23,24)/b8-5+. The number of benzene rings is 2. The molecular weight excluding hydrogens is 330 g/mol. The lowest BCUT2D eigenvalue weighted by molar-refractivity contribution is -0.111. The van der Waals surface area contributed by atoms with Crippen LogP contribution in [0.3, 0.4) is 0 Å². The van der Waals surface area contributed by atoms with E-state index in [0.717, 1.165) is 11.1 Å². The maximum absolute atomic E-state index is 12.1. The fourth-order valence-corrected chi connectivity index (χ4v) is 2.39. The number of nitrogens with one attached hydrogen (secondary N) is 1. The summed E-state index contributed by atoms with van der Waals surface area (Å²) >= 11 is 0. The van der Waals surface area contributed by atoms with Gasteiger partial charge in [-0.05, 0) is 35.9 Å². The van der Waals surface area contributed by atoms with Gasteiger partial charge in [-0.2, -0.15) is 5.26 Å². The highest BCUT2D eigenvalue weighted by Crippen LogP contribution is 2.32. The zero-order valence-electron chi connectivity index (χ0n) is 14.0. The van der Waals surface area contributed by atoms with Gasteiger partial charge in [0.25, 0.3) is 0 Å². The highest BCUT2D eigenvalue weighted by Gasteiger charge is 2.10. The summed E-state index contributed by atoms with van der Waals surface area (Å²) in [5.41, 5.74) is 2.65. The Morgan fingerprint density at radius 2 is 2.19 bits per heavy atom. The average molecular weight is 345 g/mol. The number of nitriles is 1. The molecule has 0 aliphatic heterocycles. The van der Waals surface area contributed by atoms with Crippen molar-refractivity contribution in [2.45, 2.75) is 0 Å². The summed E-state index contributed by atoms with van der Waals surface area (Å²) in [6.45, 7) is 0. The van der Waals surface area contributed by atoms with Gasteiger partial charge in [-0.15, -0.1) is 0 Å². The molecular formula is C20H15N3O3. The van der Waals surface area contributed by atoms with E-state index in [4.69, 9.17) is 14.4 Å². The van der Waals surface area contributed by atoms with Crippen LogP contribution in [0.15, 0.2) is 65.5 Å². The highest BCUT2D eigenvalue weighted by atomic mass is 16.5. The van der Waals surface area contributed by atoms with Crippen LogP contribution in [0, 0.1) is 11.3 Å². The zero-order chi connectivity index (χ0) is 18.4. The number of hydrogen-bond acceptors (Lipinski definition) is 5. The molecule has 0 bridgehead atoms. The van der Waals surface area contributed by atoms with E-state index in [2.05, 4.69) is 16.4 Å². The van der Waals surface area contributed by atoms with Gasteiger partial charge in [0.1, 0.15) is 5.75 Å². The van der Waals surface area contributed by atoms with Crippen molar-refractivity contribution in [1.82, 2.24) is 4.98 Å². The minimum absolute atomic E-state index is 0.290. The molecule has 2 aromatic carbocycles. The fourth-order valence-electron chi connectivity index (χ4n) is 2.39. The van der Waals surface area contributed by atoms with Gasteiger partial charge in [0, 0.05) is 17.8 Å². The summed E-state index contributed by atoms with van der Waals surface area (Å²) in [5, 5.41) is 11.7. The molecule has 6 nitrogen and oxygen atoms in total. The summed E-state index contributed by atoms with van der Waals surface area (Å²) in [7, 11) is 1.54. The summed E-state index contributed by atoms with van der Waals surface area (Å²) in [6.07, 6.45) is 5.99. The van der Waals surface area contributed by atoms with Crippen LogP contribution in [0.2, 0.25) is 0 Å². The number of methoxy groups -OCH3 is 1. The van der Waals surface area contributed by atoms with Gasteiger partial charge in [0.15, 0.2) is 12.2 Å². The van der Waals surface area contributed by atoms with Gasteiger partial charge in [-0.25, -0.2) is 4.98 Å². The van der Waals surface area contributed by atoms with E-state index >= 15 is 0 Å². The molecule has 3 aromatic rings. The number of rotatable bonds is 5. The van der Waals surface area contributed by atoms with Crippen LogP contribution in [0.25, 0.3) is 17.4 Å². The topological polar surface area (TPSA) is 88.1 Å². The van der Waals surface area contributed by atoms with Crippen LogP contribution in [0.4, 0.5) is 5.69 Å². The molecule has 1 N–H and O–H groups in total. The van der Waals surface area contributed by atoms with Crippen LogP contribution in [0.5, 0.6) is 5.75 Å². The molecule has 0 fully saturated rings. The van der Waals surface area contributed by atoms with E-state index in [-0.39, 0.29) is 5.91 Å². The van der Waals surface area contributed by atoms with Crippen LogP contribution in [0.1, 0.15) is 11.1 Å². The first-order valence-electron chi connectivity index (χ1n) is 7.76. The largest absolute Gasteiger partial charge is 0.496 e. The summed E-state index contributed by atoms with van der Waals surface area (Å²) in [5.74, 6) is 0.851. The molecule has 1 aromatic heterocycles. The monoisotopic (exact) mass is 345 g/mol. The number of oxazole rings is 1. The maximum atomic E-state index is 12.1. The Labute approximate surface area is 150 Å². The van der Waals surface area contributed by atoms with Crippen molar-refractivity contribution >= 4 is 17.7 Å². The molecule has 0 aliphatic rings. The number of aromatic nitrogens is 1. The van der Waals surface area contributed by atoms with E-state index in [1.807, 2.05) is 6.07 Å². The first kappa shape index (κ1) is 17.0. The third-order valence-electron chi connectivity index (χ3n) is 3.61. The Morgan fingerprint density at radius 3 is 2.92 bits per heavy atom. The average Bonchev–Trinajstić information content (AvgIpc) is 3.21. The number of anilines is 1. The molecule has 0 radical (unpaired) electrons. The quantitative estimate of drug-likeness (QED) is 0.709. The van der Waals surface area contributed by atoms with Gasteiger partial charge in [0.05, 0.1) is 30.5 Å². The highest BCUT2D eigenvalue weighted by molar-refractivity contribution is 6.02. The summed E-state index contributed by atoms with van der Waals surface area (Å²) < 4.78 is 10.6. The van der Waals surface area contributed by atoms with Crippen molar-refractivity contribution in [2.24, 2.45) is 0 Å². The van der Waals surface area contributed by atoms with Crippen molar-refractivity contribution in [3.63, 3.8) is 0 Å². The number of carbonyl (C=O) groups excluding carboxylic acids is 1. The third-order valence-corrected chi connectivity index (χ3v) is 3.61. The molecule has 1 heterocycles. The lowest BCUT2D eigenvalue weighted by atomic mass is 10.1. The molecule has 26 heavy (non-hydrogen) atoms. The minimum atomic E-state index is -0.290. The number of hydrogen-bond donors (Lipinski definition) is 1. The predicted octanol–water partition coefficient (Wildman–Crippen LogP) is 3.87. The fraction of sp³-hybridized carbons (Fsp3) is 0.0500. The third kappa shape index (κ3) is 3.97. The molecule has 1 amide bonds. The van der Waals surface area contributed by atoms with Crippen LogP contribution >= 0.6 is 0 Å². The second kappa shape index (κ2) is 7.81. The Balaban J connectivity index is 1.73. The Hall–Kier alpha value is -3.85. The molecule has 0 unspecified atom stereocenters. The molecule has 0 aliphatic carbocycles. The van der Waals surface area contributed by atoms with E-state index in [1.165, 1.54) is 12.5 Å². The number of carbonyl (C=O) groups is 1. The zero-order valence-corrected chi connectivity index (χ0v) is 14.0. The van der Waals surface area contributed by atoms with Crippen molar-refractivity contribution in [3.8, 4) is 23.1 Å². The Morgan fingerprint density at radius 1 is 1.31 bits per heavy atom. The second-order valence-corrected chi connectivity index (χ2v) is 5.34. The van der Waals surface area contributed by atoms with Crippen molar-refractivity contribution in [3.05, 3.63) is 72.3 Å². The van der Waals surface area contributed by atoms with E-state index in [9.17, 15) is 4.79 Å². The van der Waals surface area contributed by atoms with E-state index in [0.29, 0.717) is 22.8 Å². The van der Waals surface area contributed by atoms with Crippen molar-refractivity contribution < 1.29 is 13.9 Å². The number of nitrogens with zero attached hydrogens (tertiary/aromatic N) is 2. The molecule has 0 atom stereocenters. The molecule has 0 saturated heterocycles. The SMILES string of the molecule is COc1cc(NC(=O)/C=C/c2cccc(C#N)c2)ccc1-c1cnco1. The Kier molecular flexibility index (Phi) is 5.11. The van der Waals surface area contributed by atoms with Crippen LogP contribution in [-0.4, -0.2) is 18.0 Å². The number of amides is 1. The first-order valence-corrected chi connectivity index (χ1v) is 7.76. The van der Waals surface area contributed by atoms with Crippen molar-refractivity contribution in [1.29, 1.82) is 5.26 Å². The molecule has 128 valence electrons. The van der Waals surface area contributed by atoms with Crippen LogP contribution in [-0.2, 0) is 4.79 Å². The minimum Gasteiger partial charge on any atom is -0.496 e. The first-order chi connectivity index (χ1) is 12.7. The van der Waals surface area contributed by atoms with Gasteiger partial charge < -0.3 is 14.5 Å². The van der Waals surface area contributed by atoms with Gasteiger partial charge in [0.2, 0.25) is 5.91 Å². The maximum Gasteiger partial charge on any atom is 0.248 e. The van der Waals surface area contributed by atoms with Gasteiger partial charge in [-0.1, -0.05) is 12.1 Å². The molecule has 3 rings (SSSR count). The van der Waals surface area contributed by atoms with E-state index < -0.39 is 0 Å². The van der Waals surface area contributed by atoms with Crippen LogP contribution < -0.4 is 10.1 Å². The Bertz CT molecular complexity index is 986. The lowest BCUT2D eigenvalue weighted by Crippen LogP contribution is -2.07. The van der Waals surface area contributed by atoms with Gasteiger partial charge in [-0.3, -0.25) is 4.79 Å². The van der Waals surface area contributed by atoms with Gasteiger partial charge >= 0.3 is 0 Å². The number of ether oxygens (including phenoxy) is 1. The summed E-state index contributed by atoms with van der Waals surface area (Å²) in [4.78, 5) is 16.0. The van der Waals surface area contributed by atoms with Crippen molar-refractivity contribution in [2.75, 3.05) is 12.4 Å². The molecule has 6 heteroatoms. The smallest absolute Gasteiger partial charge is 0.248 e. The molecule has 0 spiro atoms. The lowest BCUT2D eigenvalue weighted by Gasteiger charge is -2.09. The second-order valence-electron chi connectivity index (χ2n) is 5.34. The predicted molar refractivity (Wildman–Crippen MR) is 97.3 cm³/mol. The normalized spacial score (nSPS) is 10.5.